The van der Waals surface area contributed by atoms with Gasteiger partial charge in [0.25, 0.3) is 0 Å². The Hall–Kier alpha value is -2.96. The van der Waals surface area contributed by atoms with E-state index in [0.717, 1.165) is 0 Å². The molecular weight excluding hydrogens is 424 g/mol. The number of β-lactam (4-membered cyclic amide) rings is 1. The third-order valence-electron chi connectivity index (χ3n) is 6.17. The highest BCUT2D eigenvalue weighted by molar-refractivity contribution is 8.03. The maximum Gasteiger partial charge on any atom is 0.353 e. The average molecular weight is 449 g/mol. The molecule has 31 heavy (non-hydrogen) atoms. The quantitative estimate of drug-likeness (QED) is 0.264. The van der Waals surface area contributed by atoms with Gasteiger partial charge in [0.05, 0.1) is 12.0 Å². The van der Waals surface area contributed by atoms with Crippen LogP contribution in [0.25, 0.3) is 0 Å². The Morgan fingerprint density at radius 1 is 1.42 bits per heavy atom. The SMILES string of the molecule is C[C@@H](CC(=O)Cn1cnnn1)[C@H]1C(=O)N2C(C(=O)O)=C(SC3CN(C(=N)N)C3)[C@H](C)[C@H]12. The van der Waals surface area contributed by atoms with Gasteiger partial charge in [0.15, 0.2) is 11.7 Å². The monoisotopic (exact) mass is 448 g/mol. The van der Waals surface area contributed by atoms with Crippen LogP contribution in [-0.2, 0) is 20.9 Å². The maximum atomic E-state index is 12.9. The second kappa shape index (κ2) is 7.94. The number of fused-ring (bicyclic) bond motifs is 1. The van der Waals surface area contributed by atoms with Crippen LogP contribution in [0.2, 0.25) is 0 Å². The van der Waals surface area contributed by atoms with Crippen molar-refractivity contribution in [3.63, 3.8) is 0 Å². The van der Waals surface area contributed by atoms with Gasteiger partial charge in [-0.3, -0.25) is 15.0 Å². The number of carboxylic acids is 1. The van der Waals surface area contributed by atoms with Crippen LogP contribution in [0, 0.1) is 23.2 Å². The zero-order valence-electron chi connectivity index (χ0n) is 17.1. The zero-order chi connectivity index (χ0) is 22.4. The highest BCUT2D eigenvalue weighted by Gasteiger charge is 2.60. The molecule has 3 aliphatic heterocycles. The summed E-state index contributed by atoms with van der Waals surface area (Å²) in [7, 11) is 0. The Bertz CT molecular complexity index is 958. The summed E-state index contributed by atoms with van der Waals surface area (Å²) in [6.45, 7) is 4.98. The molecule has 166 valence electrons. The molecule has 0 aliphatic carbocycles. The van der Waals surface area contributed by atoms with Gasteiger partial charge in [-0.15, -0.1) is 16.9 Å². The normalized spacial score (nSPS) is 26.4. The van der Waals surface area contributed by atoms with Crippen molar-refractivity contribution in [3.8, 4) is 0 Å². The fraction of sp³-hybridized carbons (Fsp3) is 0.611. The van der Waals surface area contributed by atoms with Crippen molar-refractivity contribution >= 4 is 35.4 Å². The molecule has 12 nitrogen and oxygen atoms in total. The molecule has 2 fully saturated rings. The second-order valence-corrected chi connectivity index (χ2v) is 9.63. The summed E-state index contributed by atoms with van der Waals surface area (Å²) in [4.78, 5) is 41.1. The number of guanidine groups is 1. The molecule has 1 aromatic rings. The van der Waals surface area contributed by atoms with E-state index in [4.69, 9.17) is 11.1 Å². The fourth-order valence-corrected chi connectivity index (χ4v) is 6.16. The number of nitrogens with two attached hydrogens (primary N) is 1. The van der Waals surface area contributed by atoms with Crippen LogP contribution in [0.15, 0.2) is 16.9 Å². The number of thioether (sulfide) groups is 1. The number of ketones is 1. The number of hydrogen-bond donors (Lipinski definition) is 3. The summed E-state index contributed by atoms with van der Waals surface area (Å²) in [6.07, 6.45) is 1.55. The number of carboxylic acid groups (broad SMARTS) is 1. The summed E-state index contributed by atoms with van der Waals surface area (Å²) < 4.78 is 1.34. The molecule has 3 aliphatic rings. The molecule has 13 heteroatoms. The van der Waals surface area contributed by atoms with E-state index >= 15 is 0 Å². The molecule has 0 aromatic carbocycles. The first kappa shape index (κ1) is 21.3. The van der Waals surface area contributed by atoms with E-state index in [0.29, 0.717) is 18.0 Å². The molecule has 0 bridgehead atoms. The minimum atomic E-state index is -1.12. The summed E-state index contributed by atoms with van der Waals surface area (Å²) in [5.74, 6) is -2.21. The molecular formula is C18H24N8O4S. The third kappa shape index (κ3) is 3.66. The smallest absolute Gasteiger partial charge is 0.353 e. The Morgan fingerprint density at radius 3 is 2.71 bits per heavy atom. The van der Waals surface area contributed by atoms with Crippen molar-refractivity contribution < 1.29 is 19.5 Å². The lowest BCUT2D eigenvalue weighted by molar-refractivity contribution is -0.160. The van der Waals surface area contributed by atoms with Gasteiger partial charge in [0, 0.05) is 35.6 Å². The number of rotatable bonds is 8. The van der Waals surface area contributed by atoms with Gasteiger partial charge in [0.1, 0.15) is 18.6 Å². The van der Waals surface area contributed by atoms with E-state index in [1.807, 2.05) is 13.8 Å². The largest absolute Gasteiger partial charge is 0.477 e. The maximum absolute atomic E-state index is 12.9. The van der Waals surface area contributed by atoms with Crippen LogP contribution in [0.3, 0.4) is 0 Å². The van der Waals surface area contributed by atoms with Crippen LogP contribution < -0.4 is 5.73 Å². The average Bonchev–Trinajstić information content (AvgIpc) is 3.22. The lowest BCUT2D eigenvalue weighted by Crippen LogP contribution is -2.62. The lowest BCUT2D eigenvalue weighted by Gasteiger charge is -2.47. The van der Waals surface area contributed by atoms with Crippen LogP contribution >= 0.6 is 11.8 Å². The Labute approximate surface area is 182 Å². The fourth-order valence-electron chi connectivity index (χ4n) is 4.64. The van der Waals surface area contributed by atoms with Gasteiger partial charge in [0.2, 0.25) is 5.91 Å². The van der Waals surface area contributed by atoms with E-state index in [2.05, 4.69) is 15.5 Å². The Morgan fingerprint density at radius 2 is 2.13 bits per heavy atom. The van der Waals surface area contributed by atoms with Crippen molar-refractivity contribution in [1.82, 2.24) is 30.0 Å². The van der Waals surface area contributed by atoms with Crippen molar-refractivity contribution in [1.29, 1.82) is 5.41 Å². The molecule has 0 radical (unpaired) electrons. The number of nitrogens with zero attached hydrogens (tertiary/aromatic N) is 6. The molecule has 1 amide bonds. The highest BCUT2D eigenvalue weighted by Crippen LogP contribution is 2.53. The number of carbonyl (C=O) groups excluding carboxylic acids is 2. The first-order chi connectivity index (χ1) is 14.7. The van der Waals surface area contributed by atoms with E-state index < -0.39 is 11.9 Å². The van der Waals surface area contributed by atoms with Gasteiger partial charge in [-0.1, -0.05) is 13.8 Å². The second-order valence-electron chi connectivity index (χ2n) is 8.29. The Kier molecular flexibility index (Phi) is 5.45. The molecule has 0 unspecified atom stereocenters. The number of aliphatic carboxylic acids is 1. The lowest BCUT2D eigenvalue weighted by atomic mass is 9.73. The minimum absolute atomic E-state index is 0.00276. The molecule has 4 N–H and O–H groups in total. The van der Waals surface area contributed by atoms with Crippen LogP contribution in [0.1, 0.15) is 20.3 Å². The number of tetrazole rings is 1. The standard InChI is InChI=1S/C18H24N8O4S/c1-8(3-10(27)4-25-7-21-22-23-25)12-13-9(2)15(14(17(29)30)26(13)16(12)28)31-11-5-24(6-11)18(19)20/h7-9,11-13H,3-6H2,1-2H3,(H3,19,20)(H,29,30)/t8-,9+,12+,13+/m0/s1. The van der Waals surface area contributed by atoms with Gasteiger partial charge in [-0.05, 0) is 16.3 Å². The first-order valence-corrected chi connectivity index (χ1v) is 10.9. The van der Waals surface area contributed by atoms with Gasteiger partial charge < -0.3 is 20.6 Å². The number of likely N-dealkylation sites (tertiary alicyclic amines) is 1. The summed E-state index contributed by atoms with van der Waals surface area (Å²) in [5, 5.41) is 28.1. The van der Waals surface area contributed by atoms with Crippen molar-refractivity contribution in [3.05, 3.63) is 16.9 Å². The summed E-state index contributed by atoms with van der Waals surface area (Å²) >= 11 is 1.46. The van der Waals surface area contributed by atoms with E-state index in [9.17, 15) is 19.5 Å². The molecule has 4 atom stereocenters. The number of hydrogen-bond acceptors (Lipinski definition) is 8. The molecule has 4 heterocycles. The first-order valence-electron chi connectivity index (χ1n) is 9.97. The van der Waals surface area contributed by atoms with Crippen LogP contribution in [0.5, 0.6) is 0 Å². The minimum Gasteiger partial charge on any atom is -0.477 e. The van der Waals surface area contributed by atoms with Crippen LogP contribution in [0.4, 0.5) is 0 Å². The molecule has 0 spiro atoms. The molecule has 2 saturated heterocycles. The third-order valence-corrected chi connectivity index (χ3v) is 7.62. The molecule has 1 aromatic heterocycles. The van der Waals surface area contributed by atoms with Gasteiger partial charge in [-0.2, -0.15) is 0 Å². The van der Waals surface area contributed by atoms with Crippen molar-refractivity contribution in [2.24, 2.45) is 23.5 Å². The number of carbonyl (C=O) groups is 3. The van der Waals surface area contributed by atoms with E-state index in [1.165, 1.54) is 27.7 Å². The van der Waals surface area contributed by atoms with Crippen LogP contribution in [-0.4, -0.2) is 83.1 Å². The van der Waals surface area contributed by atoms with E-state index in [-0.39, 0.29) is 59.4 Å². The number of amides is 1. The Balaban J connectivity index is 1.44. The molecule has 4 rings (SSSR count). The molecule has 0 saturated carbocycles. The van der Waals surface area contributed by atoms with Crippen molar-refractivity contribution in [2.45, 2.75) is 38.1 Å². The number of nitrogens with one attached hydrogen (secondary N) is 1. The zero-order valence-corrected chi connectivity index (χ0v) is 17.9. The predicted molar refractivity (Wildman–Crippen MR) is 109 cm³/mol. The van der Waals surface area contributed by atoms with Crippen molar-refractivity contribution in [2.75, 3.05) is 13.1 Å². The van der Waals surface area contributed by atoms with E-state index in [1.54, 1.807) is 4.90 Å². The summed E-state index contributed by atoms with van der Waals surface area (Å²) in [5.41, 5.74) is 5.53. The number of Topliss-reactive ketones (excluding diaryl/α,β-unsaturated/α-hetero) is 1. The summed E-state index contributed by atoms with van der Waals surface area (Å²) in [6, 6.07) is -0.263. The van der Waals surface area contributed by atoms with Gasteiger partial charge >= 0.3 is 5.97 Å². The topological polar surface area (TPSA) is 171 Å². The van der Waals surface area contributed by atoms with Gasteiger partial charge in [-0.25, -0.2) is 9.48 Å². The highest BCUT2D eigenvalue weighted by atomic mass is 32.2. The predicted octanol–water partition coefficient (Wildman–Crippen LogP) is -0.648. The number of aromatic nitrogens is 4.